The molecule has 2 saturated heterocycles. The molecule has 0 aromatic rings. The highest BCUT2D eigenvalue weighted by atomic mass is 19.4. The van der Waals surface area contributed by atoms with Gasteiger partial charge in [-0.1, -0.05) is 6.92 Å². The number of carboxylic acid groups (broad SMARTS) is 1. The fourth-order valence-corrected chi connectivity index (χ4v) is 4.98. The Morgan fingerprint density at radius 3 is 2.36 bits per heavy atom. The van der Waals surface area contributed by atoms with Gasteiger partial charge in [-0.2, -0.15) is 13.2 Å². The van der Waals surface area contributed by atoms with Crippen molar-refractivity contribution in [2.24, 2.45) is 5.41 Å². The van der Waals surface area contributed by atoms with Gasteiger partial charge >= 0.3 is 12.3 Å². The molecule has 5 nitrogen and oxygen atoms in total. The van der Waals surface area contributed by atoms with Gasteiger partial charge < -0.3 is 14.9 Å². The number of carbonyl (C=O) groups is 1. The average Bonchev–Trinajstić information content (AvgIpc) is 2.96. The molecule has 3 fully saturated rings. The predicted octanol–water partition coefficient (Wildman–Crippen LogP) is 2.87. The molecule has 25 heavy (non-hydrogen) atoms. The summed E-state index contributed by atoms with van der Waals surface area (Å²) in [5, 5.41) is 9.10. The summed E-state index contributed by atoms with van der Waals surface area (Å²) in [4.78, 5) is 16.5. The van der Waals surface area contributed by atoms with Crippen LogP contribution in [-0.4, -0.2) is 83.4 Å². The highest BCUT2D eigenvalue weighted by molar-refractivity contribution is 5.65. The number of hydrogen-bond acceptors (Lipinski definition) is 3. The molecule has 0 aromatic heterocycles. The number of rotatable bonds is 4. The zero-order valence-electron chi connectivity index (χ0n) is 14.8. The molecule has 2 aliphatic heterocycles. The smallest absolute Gasteiger partial charge is 0.407 e. The van der Waals surface area contributed by atoms with Gasteiger partial charge in [-0.25, -0.2) is 4.79 Å². The fourth-order valence-electron chi connectivity index (χ4n) is 4.98. The van der Waals surface area contributed by atoms with Crippen molar-refractivity contribution >= 4 is 6.09 Å². The Morgan fingerprint density at radius 1 is 1.24 bits per heavy atom. The third-order valence-corrected chi connectivity index (χ3v) is 6.37. The third-order valence-electron chi connectivity index (χ3n) is 6.37. The topological polar surface area (TPSA) is 47.0 Å². The molecular weight excluding hydrogens is 335 g/mol. The number of amides is 1. The molecule has 1 saturated carbocycles. The molecule has 1 aliphatic carbocycles. The van der Waals surface area contributed by atoms with Gasteiger partial charge in [-0.3, -0.25) is 4.90 Å². The number of hydrogen-bond donors (Lipinski definition) is 1. The summed E-state index contributed by atoms with van der Waals surface area (Å²) in [5.41, 5.74) is 0.158. The lowest BCUT2D eigenvalue weighted by atomic mass is 9.64. The highest BCUT2D eigenvalue weighted by Gasteiger charge is 2.51. The predicted molar refractivity (Wildman–Crippen MR) is 87.6 cm³/mol. The van der Waals surface area contributed by atoms with Crippen LogP contribution in [0, 0.1) is 5.41 Å². The van der Waals surface area contributed by atoms with Gasteiger partial charge in [0.15, 0.2) is 0 Å². The Morgan fingerprint density at radius 2 is 1.88 bits per heavy atom. The number of alkyl halides is 3. The van der Waals surface area contributed by atoms with E-state index < -0.39 is 18.8 Å². The second kappa shape index (κ2) is 6.95. The van der Waals surface area contributed by atoms with Crippen LogP contribution in [0.5, 0.6) is 0 Å². The molecule has 0 atom stereocenters. The van der Waals surface area contributed by atoms with Crippen LogP contribution >= 0.6 is 0 Å². The Labute approximate surface area is 146 Å². The zero-order chi connectivity index (χ0) is 18.2. The van der Waals surface area contributed by atoms with E-state index in [1.165, 1.54) is 4.90 Å². The second-order valence-electron chi connectivity index (χ2n) is 7.96. The van der Waals surface area contributed by atoms with Gasteiger partial charge in [0.1, 0.15) is 0 Å². The normalized spacial score (nSPS) is 31.7. The van der Waals surface area contributed by atoms with Gasteiger partial charge in [-0.05, 0) is 57.2 Å². The molecule has 3 aliphatic rings. The van der Waals surface area contributed by atoms with Crippen molar-refractivity contribution in [2.75, 3.05) is 39.3 Å². The van der Waals surface area contributed by atoms with Crippen LogP contribution < -0.4 is 0 Å². The molecule has 8 heteroatoms. The first kappa shape index (κ1) is 18.8. The summed E-state index contributed by atoms with van der Waals surface area (Å²) in [6, 6.07) is 0.498. The minimum atomic E-state index is -4.13. The summed E-state index contributed by atoms with van der Waals surface area (Å²) in [6.07, 6.45) is -0.384. The first-order valence-electron chi connectivity index (χ1n) is 9.24. The van der Waals surface area contributed by atoms with E-state index in [9.17, 15) is 18.0 Å². The van der Waals surface area contributed by atoms with Gasteiger partial charge in [0.05, 0.1) is 6.54 Å². The summed E-state index contributed by atoms with van der Waals surface area (Å²) in [6.45, 7) is 4.39. The van der Waals surface area contributed by atoms with Gasteiger partial charge in [0, 0.05) is 25.2 Å². The average molecular weight is 363 g/mol. The van der Waals surface area contributed by atoms with Crippen molar-refractivity contribution in [3.8, 4) is 0 Å². The summed E-state index contributed by atoms with van der Waals surface area (Å²) in [7, 11) is 0. The van der Waals surface area contributed by atoms with E-state index in [-0.39, 0.29) is 11.5 Å². The monoisotopic (exact) mass is 363 g/mol. The highest BCUT2D eigenvalue weighted by Crippen LogP contribution is 2.50. The quantitative estimate of drug-likeness (QED) is 0.834. The summed E-state index contributed by atoms with van der Waals surface area (Å²) < 4.78 is 38.0. The molecule has 144 valence electrons. The van der Waals surface area contributed by atoms with Crippen molar-refractivity contribution in [3.63, 3.8) is 0 Å². The van der Waals surface area contributed by atoms with Gasteiger partial charge in [0.25, 0.3) is 0 Å². The van der Waals surface area contributed by atoms with E-state index in [0.29, 0.717) is 25.7 Å². The first-order valence-corrected chi connectivity index (χ1v) is 9.24. The van der Waals surface area contributed by atoms with Crippen LogP contribution in [0.1, 0.15) is 39.0 Å². The van der Waals surface area contributed by atoms with Crippen molar-refractivity contribution in [2.45, 2.75) is 57.3 Å². The Hall–Kier alpha value is -1.02. The van der Waals surface area contributed by atoms with Crippen LogP contribution in [0.15, 0.2) is 0 Å². The standard InChI is InChI=1S/C17H28F3N3O2/c1-2-21(12-17(18,19)20)13-3-6-22(7-4-13)14-9-16(10-14)5-8-23(11-16)15(24)25/h13-14H,2-12H2,1H3,(H,24,25). The lowest BCUT2D eigenvalue weighted by Crippen LogP contribution is -2.56. The maximum Gasteiger partial charge on any atom is 0.407 e. The largest absolute Gasteiger partial charge is 0.465 e. The molecule has 1 spiro atoms. The number of piperidine rings is 1. The van der Waals surface area contributed by atoms with Gasteiger partial charge in [0.2, 0.25) is 0 Å². The Kier molecular flexibility index (Phi) is 5.21. The molecule has 1 N–H and O–H groups in total. The van der Waals surface area contributed by atoms with Crippen molar-refractivity contribution in [1.82, 2.24) is 14.7 Å². The van der Waals surface area contributed by atoms with Crippen molar-refractivity contribution < 1.29 is 23.1 Å². The molecule has 0 bridgehead atoms. The van der Waals surface area contributed by atoms with Crippen LogP contribution in [0.3, 0.4) is 0 Å². The zero-order valence-corrected chi connectivity index (χ0v) is 14.8. The van der Waals surface area contributed by atoms with Crippen molar-refractivity contribution in [3.05, 3.63) is 0 Å². The van der Waals surface area contributed by atoms with E-state index in [4.69, 9.17) is 5.11 Å². The van der Waals surface area contributed by atoms with E-state index in [1.807, 2.05) is 0 Å². The lowest BCUT2D eigenvalue weighted by molar-refractivity contribution is -0.153. The molecule has 2 heterocycles. The second-order valence-corrected chi connectivity index (χ2v) is 7.96. The molecule has 0 radical (unpaired) electrons. The molecular formula is C17H28F3N3O2. The molecule has 1 amide bonds. The summed E-state index contributed by atoms with van der Waals surface area (Å²) in [5.74, 6) is 0. The Bertz CT molecular complexity index is 486. The lowest BCUT2D eigenvalue weighted by Gasteiger charge is -2.52. The van der Waals surface area contributed by atoms with Crippen LogP contribution in [-0.2, 0) is 0 Å². The van der Waals surface area contributed by atoms with E-state index in [2.05, 4.69) is 4.90 Å². The summed E-state index contributed by atoms with van der Waals surface area (Å²) >= 11 is 0. The minimum absolute atomic E-state index is 0.0193. The first-order chi connectivity index (χ1) is 11.7. The van der Waals surface area contributed by atoms with E-state index >= 15 is 0 Å². The Balaban J connectivity index is 1.44. The molecule has 3 rings (SSSR count). The minimum Gasteiger partial charge on any atom is -0.465 e. The SMILES string of the molecule is CCN(CC(F)(F)F)C1CCN(C2CC3(CCN(C(=O)O)C3)C2)CC1. The van der Waals surface area contributed by atoms with E-state index in [0.717, 1.165) is 45.2 Å². The number of nitrogens with zero attached hydrogens (tertiary/aromatic N) is 3. The van der Waals surface area contributed by atoms with Crippen LogP contribution in [0.25, 0.3) is 0 Å². The molecule has 0 aromatic carbocycles. The van der Waals surface area contributed by atoms with Crippen LogP contribution in [0.4, 0.5) is 18.0 Å². The number of halogens is 3. The third kappa shape index (κ3) is 4.22. The fraction of sp³-hybridized carbons (Fsp3) is 0.941. The maximum absolute atomic E-state index is 12.7. The van der Waals surface area contributed by atoms with Gasteiger partial charge in [-0.15, -0.1) is 0 Å². The number of likely N-dealkylation sites (tertiary alicyclic amines) is 2. The van der Waals surface area contributed by atoms with Crippen molar-refractivity contribution in [1.29, 1.82) is 0 Å². The maximum atomic E-state index is 12.7. The molecule has 0 unspecified atom stereocenters. The van der Waals surface area contributed by atoms with E-state index in [1.54, 1.807) is 11.8 Å². The van der Waals surface area contributed by atoms with Crippen LogP contribution in [0.2, 0.25) is 0 Å².